The van der Waals surface area contributed by atoms with Crippen molar-refractivity contribution < 1.29 is 0 Å². The largest absolute Gasteiger partial charge is 0.355 e. The number of hydrogen-bond acceptors (Lipinski definition) is 3. The number of likely N-dealkylation sites (N-methyl/N-ethyl adjacent to an activating group) is 1. The van der Waals surface area contributed by atoms with Crippen LogP contribution in [0.15, 0.2) is 6.20 Å². The zero-order valence-corrected chi connectivity index (χ0v) is 9.46. The number of nitrogens with zero attached hydrogens (tertiary/aromatic N) is 2. The summed E-state index contributed by atoms with van der Waals surface area (Å²) in [4.78, 5) is 9.60. The van der Waals surface area contributed by atoms with Crippen molar-refractivity contribution in [3.05, 3.63) is 11.9 Å². The minimum absolute atomic E-state index is 0.593. The number of anilines is 1. The van der Waals surface area contributed by atoms with Crippen molar-refractivity contribution in [2.45, 2.75) is 26.8 Å². The van der Waals surface area contributed by atoms with Gasteiger partial charge in [-0.05, 0) is 27.8 Å². The van der Waals surface area contributed by atoms with Crippen LogP contribution in [0.5, 0.6) is 0 Å². The lowest BCUT2D eigenvalue weighted by atomic mass is 10.3. The zero-order chi connectivity index (χ0) is 10.6. The van der Waals surface area contributed by atoms with Crippen LogP contribution in [0, 0.1) is 6.92 Å². The zero-order valence-electron chi connectivity index (χ0n) is 9.46. The maximum absolute atomic E-state index is 4.17. The number of H-pyrrole nitrogens is 1. The van der Waals surface area contributed by atoms with Gasteiger partial charge in [0, 0.05) is 31.0 Å². The Hall–Kier alpha value is -1.03. The summed E-state index contributed by atoms with van der Waals surface area (Å²) >= 11 is 0. The van der Waals surface area contributed by atoms with Crippen molar-refractivity contribution in [3.8, 4) is 0 Å². The average molecular weight is 196 g/mol. The first-order chi connectivity index (χ1) is 6.59. The van der Waals surface area contributed by atoms with Gasteiger partial charge >= 0.3 is 0 Å². The summed E-state index contributed by atoms with van der Waals surface area (Å²) in [5.41, 5.74) is 1.09. The highest BCUT2D eigenvalue weighted by atomic mass is 15.2. The smallest absolute Gasteiger partial charge is 0.200 e. The highest BCUT2D eigenvalue weighted by Crippen LogP contribution is 2.00. The van der Waals surface area contributed by atoms with Crippen molar-refractivity contribution in [3.63, 3.8) is 0 Å². The quantitative estimate of drug-likeness (QED) is 0.749. The topological polar surface area (TPSA) is 44.0 Å². The molecule has 0 aliphatic rings. The molecule has 0 unspecified atom stereocenters. The summed E-state index contributed by atoms with van der Waals surface area (Å²) < 4.78 is 0. The van der Waals surface area contributed by atoms with Crippen LogP contribution < -0.4 is 5.32 Å². The van der Waals surface area contributed by atoms with Crippen LogP contribution in [0.25, 0.3) is 0 Å². The number of aromatic nitrogens is 2. The Morgan fingerprint density at radius 1 is 1.57 bits per heavy atom. The number of aromatic amines is 1. The van der Waals surface area contributed by atoms with Gasteiger partial charge < -0.3 is 15.2 Å². The molecule has 1 aromatic heterocycles. The molecule has 0 aromatic carbocycles. The summed E-state index contributed by atoms with van der Waals surface area (Å²) in [5.74, 6) is 0.861. The van der Waals surface area contributed by atoms with Gasteiger partial charge in [-0.15, -0.1) is 0 Å². The minimum atomic E-state index is 0.593. The highest BCUT2D eigenvalue weighted by molar-refractivity contribution is 5.25. The maximum atomic E-state index is 4.17. The van der Waals surface area contributed by atoms with E-state index < -0.39 is 0 Å². The van der Waals surface area contributed by atoms with E-state index in [0.29, 0.717) is 6.04 Å². The molecule has 0 saturated heterocycles. The van der Waals surface area contributed by atoms with Crippen LogP contribution in [0.4, 0.5) is 5.95 Å². The van der Waals surface area contributed by atoms with E-state index in [1.165, 1.54) is 0 Å². The van der Waals surface area contributed by atoms with E-state index in [1.807, 2.05) is 13.1 Å². The molecule has 1 rings (SSSR count). The predicted octanol–water partition coefficient (Wildman–Crippen LogP) is 1.47. The molecular weight excluding hydrogens is 176 g/mol. The number of aryl methyl sites for hydroxylation is 1. The second-order valence-electron chi connectivity index (χ2n) is 3.92. The van der Waals surface area contributed by atoms with Crippen LogP contribution in [-0.4, -0.2) is 41.0 Å². The van der Waals surface area contributed by atoms with E-state index in [4.69, 9.17) is 0 Å². The summed E-state index contributed by atoms with van der Waals surface area (Å²) in [5, 5.41) is 3.24. The first-order valence-corrected chi connectivity index (χ1v) is 5.05. The lowest BCUT2D eigenvalue weighted by Crippen LogP contribution is -2.31. The molecule has 80 valence electrons. The molecule has 4 nitrogen and oxygen atoms in total. The van der Waals surface area contributed by atoms with Crippen LogP contribution in [0.2, 0.25) is 0 Å². The summed E-state index contributed by atoms with van der Waals surface area (Å²) in [6.45, 7) is 8.32. The molecule has 0 spiro atoms. The number of nitrogens with one attached hydrogen (secondary N) is 2. The van der Waals surface area contributed by atoms with Crippen molar-refractivity contribution >= 4 is 5.95 Å². The molecular formula is C10H20N4. The van der Waals surface area contributed by atoms with Gasteiger partial charge in [0.2, 0.25) is 0 Å². The van der Waals surface area contributed by atoms with Gasteiger partial charge in [0.1, 0.15) is 0 Å². The van der Waals surface area contributed by atoms with Crippen molar-refractivity contribution in [1.82, 2.24) is 14.9 Å². The second kappa shape index (κ2) is 5.00. The Kier molecular flexibility index (Phi) is 3.95. The summed E-state index contributed by atoms with van der Waals surface area (Å²) in [7, 11) is 2.12. The Labute approximate surface area is 85.7 Å². The van der Waals surface area contributed by atoms with E-state index in [-0.39, 0.29) is 0 Å². The number of imidazole rings is 1. The first kappa shape index (κ1) is 11.0. The van der Waals surface area contributed by atoms with Crippen molar-refractivity contribution in [1.29, 1.82) is 0 Å². The molecule has 2 N–H and O–H groups in total. The van der Waals surface area contributed by atoms with Crippen LogP contribution in [-0.2, 0) is 0 Å². The monoisotopic (exact) mass is 196 g/mol. The molecule has 1 heterocycles. The van der Waals surface area contributed by atoms with Gasteiger partial charge in [0.15, 0.2) is 5.95 Å². The van der Waals surface area contributed by atoms with Gasteiger partial charge in [-0.3, -0.25) is 0 Å². The van der Waals surface area contributed by atoms with Crippen LogP contribution >= 0.6 is 0 Å². The third-order valence-electron chi connectivity index (χ3n) is 2.34. The van der Waals surface area contributed by atoms with E-state index in [0.717, 1.165) is 24.7 Å². The van der Waals surface area contributed by atoms with Crippen LogP contribution in [0.3, 0.4) is 0 Å². The molecule has 0 atom stereocenters. The standard InChI is InChI=1S/C10H20N4/c1-8(2)14(4)6-5-11-10-12-7-9(3)13-10/h7-8H,5-6H2,1-4H3,(H2,11,12,13). The number of rotatable bonds is 5. The molecule has 0 saturated carbocycles. The van der Waals surface area contributed by atoms with Gasteiger partial charge in [-0.25, -0.2) is 4.98 Å². The molecule has 14 heavy (non-hydrogen) atoms. The Bertz CT molecular complexity index is 267. The fourth-order valence-corrected chi connectivity index (χ4v) is 1.11. The molecule has 0 amide bonds. The van der Waals surface area contributed by atoms with E-state index in [1.54, 1.807) is 0 Å². The normalized spacial score (nSPS) is 11.3. The number of hydrogen-bond donors (Lipinski definition) is 2. The lowest BCUT2D eigenvalue weighted by Gasteiger charge is -2.20. The Morgan fingerprint density at radius 2 is 2.29 bits per heavy atom. The van der Waals surface area contributed by atoms with Gasteiger partial charge in [0.05, 0.1) is 0 Å². The average Bonchev–Trinajstić information content (AvgIpc) is 2.51. The highest BCUT2D eigenvalue weighted by Gasteiger charge is 2.02. The third kappa shape index (κ3) is 3.38. The van der Waals surface area contributed by atoms with Crippen LogP contribution in [0.1, 0.15) is 19.5 Å². The van der Waals surface area contributed by atoms with E-state index >= 15 is 0 Å². The van der Waals surface area contributed by atoms with Crippen molar-refractivity contribution in [2.75, 3.05) is 25.5 Å². The van der Waals surface area contributed by atoms with E-state index in [2.05, 4.69) is 41.1 Å². The minimum Gasteiger partial charge on any atom is -0.355 e. The SMILES string of the molecule is Cc1cnc(NCCN(C)C(C)C)[nH]1. The first-order valence-electron chi connectivity index (χ1n) is 5.05. The predicted molar refractivity (Wildman–Crippen MR) is 59.6 cm³/mol. The molecule has 0 bridgehead atoms. The molecule has 0 aliphatic heterocycles. The molecule has 0 fully saturated rings. The van der Waals surface area contributed by atoms with Gasteiger partial charge in [0.25, 0.3) is 0 Å². The molecule has 0 aliphatic carbocycles. The maximum Gasteiger partial charge on any atom is 0.200 e. The molecule has 4 heteroatoms. The summed E-state index contributed by atoms with van der Waals surface area (Å²) in [6, 6.07) is 0.593. The molecule has 0 radical (unpaired) electrons. The Balaban J connectivity index is 2.22. The fraction of sp³-hybridized carbons (Fsp3) is 0.700. The van der Waals surface area contributed by atoms with Gasteiger partial charge in [-0.1, -0.05) is 0 Å². The second-order valence-corrected chi connectivity index (χ2v) is 3.92. The van der Waals surface area contributed by atoms with Crippen molar-refractivity contribution in [2.24, 2.45) is 0 Å². The van der Waals surface area contributed by atoms with Gasteiger partial charge in [-0.2, -0.15) is 0 Å². The third-order valence-corrected chi connectivity index (χ3v) is 2.34. The summed E-state index contributed by atoms with van der Waals surface area (Å²) in [6.07, 6.45) is 1.83. The fourth-order valence-electron chi connectivity index (χ4n) is 1.11. The lowest BCUT2D eigenvalue weighted by molar-refractivity contribution is 0.284. The Morgan fingerprint density at radius 3 is 2.79 bits per heavy atom. The van der Waals surface area contributed by atoms with E-state index in [9.17, 15) is 0 Å². The molecule has 1 aromatic rings.